The van der Waals surface area contributed by atoms with Crippen molar-refractivity contribution >= 4 is 23.5 Å². The molecule has 116 valence electrons. The van der Waals surface area contributed by atoms with Crippen LogP contribution < -0.4 is 5.32 Å². The number of nitrogens with zero attached hydrogens (tertiary/aromatic N) is 3. The van der Waals surface area contributed by atoms with Gasteiger partial charge in [-0.1, -0.05) is 16.7 Å². The minimum absolute atomic E-state index is 0.0243. The Bertz CT molecular complexity index is 864. The van der Waals surface area contributed by atoms with Crippen LogP contribution in [0, 0.1) is 12.7 Å². The summed E-state index contributed by atoms with van der Waals surface area (Å²) in [7, 11) is 0. The van der Waals surface area contributed by atoms with Gasteiger partial charge in [0.05, 0.1) is 16.3 Å². The van der Waals surface area contributed by atoms with Gasteiger partial charge in [-0.2, -0.15) is 0 Å². The number of pyridine rings is 1. The lowest BCUT2D eigenvalue weighted by atomic mass is 10.1. The summed E-state index contributed by atoms with van der Waals surface area (Å²) < 4.78 is 18.1. The molecule has 0 spiro atoms. The van der Waals surface area contributed by atoms with Crippen LogP contribution in [0.5, 0.6) is 0 Å². The van der Waals surface area contributed by atoms with E-state index >= 15 is 0 Å². The van der Waals surface area contributed by atoms with Crippen LogP contribution in [0.2, 0.25) is 5.02 Å². The summed E-state index contributed by atoms with van der Waals surface area (Å²) in [6, 6.07) is 7.10. The molecule has 23 heavy (non-hydrogen) atoms. The molecule has 6 nitrogen and oxygen atoms in total. The van der Waals surface area contributed by atoms with Crippen molar-refractivity contribution in [3.8, 4) is 11.3 Å². The molecule has 0 saturated carbocycles. The molecule has 0 bridgehead atoms. The van der Waals surface area contributed by atoms with E-state index in [1.165, 1.54) is 36.5 Å². The van der Waals surface area contributed by atoms with E-state index in [1.54, 1.807) is 6.92 Å². The first kappa shape index (κ1) is 15.1. The number of hydrogen-bond donors (Lipinski definition) is 1. The Morgan fingerprint density at radius 3 is 2.61 bits per heavy atom. The maximum Gasteiger partial charge on any atom is 0.322 e. The second kappa shape index (κ2) is 6.13. The molecule has 0 fully saturated rings. The van der Waals surface area contributed by atoms with Crippen molar-refractivity contribution in [2.24, 2.45) is 0 Å². The zero-order valence-corrected chi connectivity index (χ0v) is 12.6. The number of carbonyl (C=O) groups is 1. The van der Waals surface area contributed by atoms with E-state index in [0.717, 1.165) is 0 Å². The van der Waals surface area contributed by atoms with Gasteiger partial charge in [-0.3, -0.25) is 15.1 Å². The third kappa shape index (κ3) is 3.19. The van der Waals surface area contributed by atoms with Gasteiger partial charge in [-0.05, 0) is 30.3 Å². The second-order valence-electron chi connectivity index (χ2n) is 4.61. The van der Waals surface area contributed by atoms with Crippen molar-refractivity contribution in [1.29, 1.82) is 0 Å². The summed E-state index contributed by atoms with van der Waals surface area (Å²) in [5.74, 6) is -0.553. The first-order valence-electron chi connectivity index (χ1n) is 6.56. The van der Waals surface area contributed by atoms with Gasteiger partial charge in [-0.25, -0.2) is 4.39 Å². The zero-order valence-electron chi connectivity index (χ0n) is 11.9. The third-order valence-corrected chi connectivity index (χ3v) is 3.38. The molecule has 0 aliphatic heterocycles. The number of aryl methyl sites for hydroxylation is 1. The Morgan fingerprint density at radius 2 is 1.96 bits per heavy atom. The highest BCUT2D eigenvalue weighted by Crippen LogP contribution is 2.29. The Morgan fingerprint density at radius 1 is 1.22 bits per heavy atom. The average Bonchev–Trinajstić information content (AvgIpc) is 2.93. The SMILES string of the molecule is Cc1nnc(NC(=O)c2ccnc(-c3ccc(F)cc3)c2Cl)o1. The fraction of sp³-hybridized carbons (Fsp3) is 0.0667. The van der Waals surface area contributed by atoms with E-state index in [4.69, 9.17) is 16.0 Å². The summed E-state index contributed by atoms with van der Waals surface area (Å²) in [6.07, 6.45) is 1.44. The van der Waals surface area contributed by atoms with E-state index in [2.05, 4.69) is 20.5 Å². The highest BCUT2D eigenvalue weighted by molar-refractivity contribution is 6.36. The molecule has 0 aliphatic rings. The molecule has 0 atom stereocenters. The van der Waals surface area contributed by atoms with E-state index < -0.39 is 5.91 Å². The maximum absolute atomic E-state index is 13.0. The zero-order chi connectivity index (χ0) is 16.4. The van der Waals surface area contributed by atoms with Gasteiger partial charge in [0.2, 0.25) is 5.89 Å². The van der Waals surface area contributed by atoms with Crippen LogP contribution in [-0.4, -0.2) is 21.1 Å². The number of amides is 1. The lowest BCUT2D eigenvalue weighted by Crippen LogP contribution is -2.13. The number of nitrogens with one attached hydrogen (secondary N) is 1. The number of halogens is 2. The van der Waals surface area contributed by atoms with E-state index in [1.807, 2.05) is 0 Å². The van der Waals surface area contributed by atoms with Crippen molar-refractivity contribution in [2.45, 2.75) is 6.92 Å². The van der Waals surface area contributed by atoms with E-state index in [9.17, 15) is 9.18 Å². The van der Waals surface area contributed by atoms with Gasteiger partial charge in [0.15, 0.2) is 0 Å². The van der Waals surface area contributed by atoms with Crippen molar-refractivity contribution in [3.63, 3.8) is 0 Å². The first-order valence-corrected chi connectivity index (χ1v) is 6.94. The number of hydrogen-bond acceptors (Lipinski definition) is 5. The smallest absolute Gasteiger partial charge is 0.322 e. The fourth-order valence-corrected chi connectivity index (χ4v) is 2.25. The van der Waals surface area contributed by atoms with Crippen molar-refractivity contribution < 1.29 is 13.6 Å². The number of benzene rings is 1. The fourth-order valence-electron chi connectivity index (χ4n) is 1.94. The van der Waals surface area contributed by atoms with Crippen LogP contribution >= 0.6 is 11.6 Å². The monoisotopic (exact) mass is 332 g/mol. The number of carbonyl (C=O) groups excluding carboxylic acids is 1. The summed E-state index contributed by atoms with van der Waals surface area (Å²) in [4.78, 5) is 16.4. The quantitative estimate of drug-likeness (QED) is 0.794. The Balaban J connectivity index is 1.93. The van der Waals surface area contributed by atoms with Crippen LogP contribution in [0.1, 0.15) is 16.2 Å². The molecular formula is C15H10ClFN4O2. The highest BCUT2D eigenvalue weighted by Gasteiger charge is 2.17. The lowest BCUT2D eigenvalue weighted by molar-refractivity contribution is 0.102. The summed E-state index contributed by atoms with van der Waals surface area (Å²) in [6.45, 7) is 1.61. The van der Waals surface area contributed by atoms with Gasteiger partial charge in [0, 0.05) is 18.7 Å². The van der Waals surface area contributed by atoms with Crippen molar-refractivity contribution in [3.05, 3.63) is 58.8 Å². The minimum Gasteiger partial charge on any atom is -0.408 e. The van der Waals surface area contributed by atoms with Crippen molar-refractivity contribution in [1.82, 2.24) is 15.2 Å². The molecule has 1 amide bonds. The number of anilines is 1. The van der Waals surface area contributed by atoms with Crippen LogP contribution in [-0.2, 0) is 0 Å². The largest absolute Gasteiger partial charge is 0.408 e. The minimum atomic E-state index is -0.510. The molecular weight excluding hydrogens is 323 g/mol. The van der Waals surface area contributed by atoms with Gasteiger partial charge >= 0.3 is 6.01 Å². The molecule has 2 heterocycles. The summed E-state index contributed by atoms with van der Waals surface area (Å²) in [5.41, 5.74) is 1.16. The molecule has 2 aromatic heterocycles. The molecule has 3 aromatic rings. The predicted octanol–water partition coefficient (Wildman–Crippen LogP) is 3.48. The highest BCUT2D eigenvalue weighted by atomic mass is 35.5. The van der Waals surface area contributed by atoms with Gasteiger partial charge in [0.1, 0.15) is 5.82 Å². The molecule has 1 N–H and O–H groups in total. The molecule has 0 unspecified atom stereocenters. The second-order valence-corrected chi connectivity index (χ2v) is 4.99. The Kier molecular flexibility index (Phi) is 4.03. The maximum atomic E-state index is 13.0. The Hall–Kier alpha value is -2.80. The number of aromatic nitrogens is 3. The molecule has 8 heteroatoms. The normalized spacial score (nSPS) is 10.6. The molecule has 3 rings (SSSR count). The van der Waals surface area contributed by atoms with Crippen LogP contribution in [0.15, 0.2) is 40.9 Å². The molecule has 0 radical (unpaired) electrons. The first-order chi connectivity index (χ1) is 11.0. The molecule has 1 aromatic carbocycles. The third-order valence-electron chi connectivity index (χ3n) is 3.00. The standard InChI is InChI=1S/C15H10ClFN4O2/c1-8-20-21-15(23-8)19-14(22)11-6-7-18-13(12(11)16)9-2-4-10(17)5-3-9/h2-7H,1H3,(H,19,21,22). The molecule has 0 aliphatic carbocycles. The lowest BCUT2D eigenvalue weighted by Gasteiger charge is -2.08. The average molecular weight is 333 g/mol. The predicted molar refractivity (Wildman–Crippen MR) is 81.6 cm³/mol. The topological polar surface area (TPSA) is 80.9 Å². The van der Waals surface area contributed by atoms with Crippen LogP contribution in [0.3, 0.4) is 0 Å². The van der Waals surface area contributed by atoms with Crippen LogP contribution in [0.4, 0.5) is 10.4 Å². The Labute approximate surface area is 135 Å². The van der Waals surface area contributed by atoms with E-state index in [-0.39, 0.29) is 22.4 Å². The van der Waals surface area contributed by atoms with Gasteiger partial charge < -0.3 is 4.42 Å². The van der Waals surface area contributed by atoms with Crippen LogP contribution in [0.25, 0.3) is 11.3 Å². The summed E-state index contributed by atoms with van der Waals surface area (Å²) in [5, 5.41) is 9.90. The number of rotatable bonds is 3. The van der Waals surface area contributed by atoms with Gasteiger partial charge in [0.25, 0.3) is 5.91 Å². The molecule has 0 saturated heterocycles. The summed E-state index contributed by atoms with van der Waals surface area (Å²) >= 11 is 6.27. The van der Waals surface area contributed by atoms with Gasteiger partial charge in [-0.15, -0.1) is 5.10 Å². The van der Waals surface area contributed by atoms with E-state index in [0.29, 0.717) is 17.1 Å². The van der Waals surface area contributed by atoms with Crippen molar-refractivity contribution in [2.75, 3.05) is 5.32 Å².